The van der Waals surface area contributed by atoms with Crippen molar-refractivity contribution in [1.29, 1.82) is 5.26 Å². The number of hydrogen-bond donors (Lipinski definition) is 2. The molecule has 5 rings (SSSR count). The Hall–Kier alpha value is -3.61. The maximum atomic E-state index is 13.1. The number of nitriles is 1. The topological polar surface area (TPSA) is 127 Å². The zero-order valence-electron chi connectivity index (χ0n) is 19.5. The van der Waals surface area contributed by atoms with Crippen molar-refractivity contribution in [1.82, 2.24) is 20.1 Å². The van der Waals surface area contributed by atoms with Crippen molar-refractivity contribution in [3.05, 3.63) is 64.5 Å². The van der Waals surface area contributed by atoms with Gasteiger partial charge in [0.2, 0.25) is 11.8 Å². The molecule has 3 aliphatic rings. The second-order valence-corrected chi connectivity index (χ2v) is 9.60. The lowest BCUT2D eigenvalue weighted by Crippen LogP contribution is -2.53. The first kappa shape index (κ1) is 23.1. The van der Waals surface area contributed by atoms with E-state index in [-0.39, 0.29) is 18.2 Å². The summed E-state index contributed by atoms with van der Waals surface area (Å²) in [6.45, 7) is 3.94. The van der Waals surface area contributed by atoms with Gasteiger partial charge in [-0.1, -0.05) is 12.1 Å². The average Bonchev–Trinajstić information content (AvgIpc) is 3.11. The molecule has 9 nitrogen and oxygen atoms in total. The van der Waals surface area contributed by atoms with E-state index in [4.69, 9.17) is 10.2 Å². The molecule has 3 amide bonds. The number of amides is 3. The van der Waals surface area contributed by atoms with Crippen LogP contribution in [0, 0.1) is 11.3 Å². The van der Waals surface area contributed by atoms with E-state index in [1.807, 2.05) is 31.2 Å². The van der Waals surface area contributed by atoms with Gasteiger partial charge >= 0.3 is 0 Å². The molecule has 2 aromatic rings. The predicted molar refractivity (Wildman–Crippen MR) is 125 cm³/mol. The lowest BCUT2D eigenvalue weighted by Gasteiger charge is -2.38. The number of carbonyl (C=O) groups excluding carboxylic acids is 3. The number of carbonyl (C=O) groups is 3. The summed E-state index contributed by atoms with van der Waals surface area (Å²) in [4.78, 5) is 45.5. The van der Waals surface area contributed by atoms with Crippen LogP contribution in [0.25, 0.3) is 0 Å². The summed E-state index contributed by atoms with van der Waals surface area (Å²) >= 11 is 0. The van der Waals surface area contributed by atoms with Crippen LogP contribution in [-0.2, 0) is 21.7 Å². The average molecular weight is 474 g/mol. The van der Waals surface area contributed by atoms with Crippen LogP contribution in [0.3, 0.4) is 0 Å². The van der Waals surface area contributed by atoms with Crippen molar-refractivity contribution < 1.29 is 19.5 Å². The molecule has 0 bridgehead atoms. The van der Waals surface area contributed by atoms with Gasteiger partial charge in [-0.2, -0.15) is 5.26 Å². The van der Waals surface area contributed by atoms with Crippen molar-refractivity contribution in [3.8, 4) is 6.07 Å². The number of imide groups is 1. The first-order chi connectivity index (χ1) is 16.8. The Morgan fingerprint density at radius 2 is 1.86 bits per heavy atom. The number of fused-ring (bicyclic) bond motifs is 1. The van der Waals surface area contributed by atoms with E-state index in [0.29, 0.717) is 54.9 Å². The van der Waals surface area contributed by atoms with Gasteiger partial charge in [0.15, 0.2) is 0 Å². The molecule has 0 spiro atoms. The Labute approximate surface area is 203 Å². The Balaban J connectivity index is 1.29. The molecule has 1 aromatic carbocycles. The number of rotatable bonds is 4. The second kappa shape index (κ2) is 8.87. The zero-order chi connectivity index (χ0) is 24.7. The number of hydrogen-bond acceptors (Lipinski definition) is 7. The molecule has 2 fully saturated rings. The molecule has 4 heterocycles. The highest BCUT2D eigenvalue weighted by Gasteiger charge is 2.45. The quantitative estimate of drug-likeness (QED) is 0.648. The van der Waals surface area contributed by atoms with Gasteiger partial charge in [0.25, 0.3) is 5.91 Å². The molecule has 35 heavy (non-hydrogen) atoms. The minimum Gasteiger partial charge on any atom is -0.383 e. The maximum Gasteiger partial charge on any atom is 0.257 e. The largest absolute Gasteiger partial charge is 0.383 e. The van der Waals surface area contributed by atoms with Gasteiger partial charge in [0, 0.05) is 26.1 Å². The van der Waals surface area contributed by atoms with Gasteiger partial charge < -0.3 is 10.0 Å². The van der Waals surface area contributed by atoms with Crippen LogP contribution >= 0.6 is 0 Å². The zero-order valence-corrected chi connectivity index (χ0v) is 19.5. The van der Waals surface area contributed by atoms with Gasteiger partial charge in [0.05, 0.1) is 34.6 Å². The molecule has 0 aliphatic carbocycles. The highest BCUT2D eigenvalue weighted by Crippen LogP contribution is 2.39. The van der Waals surface area contributed by atoms with E-state index in [0.717, 1.165) is 12.1 Å². The van der Waals surface area contributed by atoms with Crippen LogP contribution in [0.5, 0.6) is 0 Å². The van der Waals surface area contributed by atoms with E-state index < -0.39 is 23.6 Å². The van der Waals surface area contributed by atoms with E-state index in [2.05, 4.69) is 16.3 Å². The van der Waals surface area contributed by atoms with E-state index >= 15 is 0 Å². The standard InChI is InChI=1S/C26H27N5O4/c1-16-23-19(25(34)31(16)20-7-9-22(32)29-24(20)33)6-8-21(28-23)26(35)10-12-30(13-11-26)15-18-4-2-17(14-27)3-5-18/h2-6,8,16,20,35H,7,9-13,15H2,1H3,(H,29,32,33)/t16?,20-/m0/s1. The number of pyridine rings is 1. The first-order valence-corrected chi connectivity index (χ1v) is 11.9. The van der Waals surface area contributed by atoms with E-state index in [1.54, 1.807) is 12.1 Å². The first-order valence-electron chi connectivity index (χ1n) is 11.9. The third kappa shape index (κ3) is 4.20. The van der Waals surface area contributed by atoms with Crippen LogP contribution in [0.4, 0.5) is 0 Å². The molecule has 0 radical (unpaired) electrons. The molecule has 180 valence electrons. The third-order valence-corrected chi connectivity index (χ3v) is 7.40. The SMILES string of the molecule is CC1c2nc(C3(O)CCN(Cc4ccc(C#N)cc4)CC3)ccc2C(=O)N1[C@H]1CCC(=O)NC1=O. The molecule has 1 unspecified atom stereocenters. The highest BCUT2D eigenvalue weighted by molar-refractivity contribution is 6.05. The molecule has 1 aromatic heterocycles. The van der Waals surface area contributed by atoms with E-state index in [1.165, 1.54) is 4.90 Å². The molecule has 0 saturated carbocycles. The minimum absolute atomic E-state index is 0.195. The van der Waals surface area contributed by atoms with Gasteiger partial charge in [-0.25, -0.2) is 0 Å². The summed E-state index contributed by atoms with van der Waals surface area (Å²) < 4.78 is 0. The molecule has 9 heteroatoms. The molecular weight excluding hydrogens is 446 g/mol. The fraction of sp³-hybridized carbons (Fsp3) is 0.423. The molecule has 2 N–H and O–H groups in total. The lowest BCUT2D eigenvalue weighted by molar-refractivity contribution is -0.137. The number of benzene rings is 1. The molecule has 2 saturated heterocycles. The van der Waals surface area contributed by atoms with Crippen LogP contribution in [0.2, 0.25) is 0 Å². The van der Waals surface area contributed by atoms with Gasteiger partial charge in [0.1, 0.15) is 11.6 Å². The monoisotopic (exact) mass is 473 g/mol. The van der Waals surface area contributed by atoms with Crippen LogP contribution < -0.4 is 5.32 Å². The van der Waals surface area contributed by atoms with Gasteiger partial charge in [-0.05, 0) is 56.0 Å². The summed E-state index contributed by atoms with van der Waals surface area (Å²) in [5.74, 6) is -1.05. The van der Waals surface area contributed by atoms with Crippen molar-refractivity contribution >= 4 is 17.7 Å². The highest BCUT2D eigenvalue weighted by atomic mass is 16.3. The molecule has 3 aliphatic heterocycles. The number of likely N-dealkylation sites (tertiary alicyclic amines) is 1. The smallest absolute Gasteiger partial charge is 0.257 e. The Kier molecular flexibility index (Phi) is 5.87. The van der Waals surface area contributed by atoms with Gasteiger partial charge in [-0.15, -0.1) is 0 Å². The predicted octanol–water partition coefficient (Wildman–Crippen LogP) is 1.76. The Bertz CT molecular complexity index is 1230. The van der Waals surface area contributed by atoms with Crippen molar-refractivity contribution in [2.45, 2.75) is 56.8 Å². The Morgan fingerprint density at radius 3 is 2.51 bits per heavy atom. The normalized spacial score (nSPS) is 24.1. The number of nitrogens with one attached hydrogen (secondary N) is 1. The van der Waals surface area contributed by atoms with E-state index in [9.17, 15) is 19.5 Å². The fourth-order valence-electron chi connectivity index (χ4n) is 5.32. The summed E-state index contributed by atoms with van der Waals surface area (Å²) in [5.41, 5.74) is 2.19. The van der Waals surface area contributed by atoms with Gasteiger partial charge in [-0.3, -0.25) is 29.6 Å². The molecule has 2 atom stereocenters. The summed E-state index contributed by atoms with van der Waals surface area (Å²) in [7, 11) is 0. The number of aliphatic hydroxyl groups is 1. The van der Waals surface area contributed by atoms with Crippen LogP contribution in [-0.4, -0.2) is 56.7 Å². The maximum absolute atomic E-state index is 13.1. The fourth-order valence-corrected chi connectivity index (χ4v) is 5.32. The van der Waals surface area contributed by atoms with Crippen molar-refractivity contribution in [2.24, 2.45) is 0 Å². The summed E-state index contributed by atoms with van der Waals surface area (Å²) in [6.07, 6.45) is 1.50. The van der Waals surface area contributed by atoms with Crippen LogP contribution in [0.15, 0.2) is 36.4 Å². The molecular formula is C26H27N5O4. The number of piperidine rings is 2. The minimum atomic E-state index is -1.10. The number of nitrogens with zero attached hydrogens (tertiary/aromatic N) is 4. The summed E-state index contributed by atoms with van der Waals surface area (Å²) in [6, 6.07) is 11.9. The summed E-state index contributed by atoms with van der Waals surface area (Å²) in [5, 5.41) is 22.7. The lowest BCUT2D eigenvalue weighted by atomic mass is 9.87. The van der Waals surface area contributed by atoms with Crippen molar-refractivity contribution in [2.75, 3.05) is 13.1 Å². The number of aromatic nitrogens is 1. The third-order valence-electron chi connectivity index (χ3n) is 7.40. The second-order valence-electron chi connectivity index (χ2n) is 9.60. The Morgan fingerprint density at radius 1 is 1.14 bits per heavy atom. The van der Waals surface area contributed by atoms with Crippen LogP contribution in [0.1, 0.15) is 71.5 Å². The van der Waals surface area contributed by atoms with Crippen molar-refractivity contribution in [3.63, 3.8) is 0 Å².